The first kappa shape index (κ1) is 17.5. The number of carbonyl (C=O) groups excluding carboxylic acids is 1. The van der Waals surface area contributed by atoms with Crippen LogP contribution in [0.15, 0.2) is 28.6 Å². The zero-order valence-electron chi connectivity index (χ0n) is 14.4. The predicted octanol–water partition coefficient (Wildman–Crippen LogP) is 4.70. The molecule has 1 amide bonds. The second kappa shape index (κ2) is 7.36. The smallest absolute Gasteiger partial charge is 0.274 e. The number of anilines is 1. The molecule has 1 aromatic carbocycles. The van der Waals surface area contributed by atoms with Crippen LogP contribution in [0.3, 0.4) is 0 Å². The number of nitrogens with one attached hydrogen (secondary N) is 1. The second-order valence-electron chi connectivity index (χ2n) is 6.58. The van der Waals surface area contributed by atoms with Gasteiger partial charge >= 0.3 is 0 Å². The fraction of sp³-hybridized carbons (Fsp3) is 0.389. The SMILES string of the molecule is Cn1c(C(=O)Nc2nnc(SCC3CCCC3)s2)cc2cc(F)ccc21. The van der Waals surface area contributed by atoms with E-state index in [1.54, 1.807) is 35.5 Å². The lowest BCUT2D eigenvalue weighted by atomic mass is 10.1. The molecule has 0 unspecified atom stereocenters. The van der Waals surface area contributed by atoms with E-state index in [0.29, 0.717) is 16.2 Å². The minimum atomic E-state index is -0.317. The number of amides is 1. The lowest BCUT2D eigenvalue weighted by Crippen LogP contribution is -2.15. The standard InChI is InChI=1S/C18H19FN4OS2/c1-23-14-7-6-13(19)8-12(14)9-15(23)16(24)20-17-21-22-18(26-17)25-10-11-4-2-3-5-11/h6-9,11H,2-5,10H2,1H3,(H,20,21,24). The molecule has 0 spiro atoms. The van der Waals surface area contributed by atoms with Gasteiger partial charge in [0.15, 0.2) is 4.34 Å². The van der Waals surface area contributed by atoms with Crippen LogP contribution >= 0.6 is 23.1 Å². The maximum absolute atomic E-state index is 13.4. The molecule has 2 heterocycles. The molecular weight excluding hydrogens is 371 g/mol. The zero-order chi connectivity index (χ0) is 18.1. The summed E-state index contributed by atoms with van der Waals surface area (Å²) in [6.45, 7) is 0. The lowest BCUT2D eigenvalue weighted by Gasteiger charge is -2.05. The van der Waals surface area contributed by atoms with Crippen LogP contribution in [0.25, 0.3) is 10.9 Å². The highest BCUT2D eigenvalue weighted by molar-refractivity contribution is 8.01. The van der Waals surface area contributed by atoms with E-state index < -0.39 is 0 Å². The molecule has 1 aliphatic carbocycles. The highest BCUT2D eigenvalue weighted by Gasteiger charge is 2.18. The van der Waals surface area contributed by atoms with Crippen molar-refractivity contribution in [3.8, 4) is 0 Å². The molecule has 1 N–H and O–H groups in total. The van der Waals surface area contributed by atoms with Gasteiger partial charge < -0.3 is 4.57 Å². The van der Waals surface area contributed by atoms with E-state index in [9.17, 15) is 9.18 Å². The van der Waals surface area contributed by atoms with Crippen LogP contribution in [-0.2, 0) is 7.05 Å². The van der Waals surface area contributed by atoms with Gasteiger partial charge in [0.1, 0.15) is 11.5 Å². The number of aromatic nitrogens is 3. The lowest BCUT2D eigenvalue weighted by molar-refractivity contribution is 0.101. The topological polar surface area (TPSA) is 59.8 Å². The molecule has 1 saturated carbocycles. The van der Waals surface area contributed by atoms with Crippen LogP contribution in [-0.4, -0.2) is 26.4 Å². The summed E-state index contributed by atoms with van der Waals surface area (Å²) in [5, 5.41) is 12.2. The number of nitrogens with zero attached hydrogens (tertiary/aromatic N) is 3. The highest BCUT2D eigenvalue weighted by Crippen LogP contribution is 2.33. The zero-order valence-corrected chi connectivity index (χ0v) is 16.0. The molecule has 0 bridgehead atoms. The van der Waals surface area contributed by atoms with Crippen molar-refractivity contribution < 1.29 is 9.18 Å². The summed E-state index contributed by atoms with van der Waals surface area (Å²) < 4.78 is 16.0. The molecule has 26 heavy (non-hydrogen) atoms. The maximum Gasteiger partial charge on any atom is 0.274 e. The van der Waals surface area contributed by atoms with E-state index in [1.165, 1.54) is 49.2 Å². The Morgan fingerprint density at radius 2 is 2.15 bits per heavy atom. The van der Waals surface area contributed by atoms with Crippen LogP contribution in [0.4, 0.5) is 9.52 Å². The Bertz CT molecular complexity index is 946. The van der Waals surface area contributed by atoms with Gasteiger partial charge in [-0.1, -0.05) is 35.9 Å². The Morgan fingerprint density at radius 3 is 2.96 bits per heavy atom. The molecular formula is C18H19FN4OS2. The van der Waals surface area contributed by atoms with Gasteiger partial charge in [-0.15, -0.1) is 10.2 Å². The Hall–Kier alpha value is -1.93. The van der Waals surface area contributed by atoms with Gasteiger partial charge in [0.2, 0.25) is 5.13 Å². The molecule has 4 rings (SSSR count). The average Bonchev–Trinajstić information content (AvgIpc) is 3.34. The van der Waals surface area contributed by atoms with E-state index in [0.717, 1.165) is 21.5 Å². The molecule has 3 aromatic rings. The summed E-state index contributed by atoms with van der Waals surface area (Å²) in [5.74, 6) is 1.26. The minimum Gasteiger partial charge on any atom is -0.340 e. The molecule has 8 heteroatoms. The fourth-order valence-corrected chi connectivity index (χ4v) is 5.34. The quantitative estimate of drug-likeness (QED) is 0.507. The Labute approximate surface area is 159 Å². The first-order valence-electron chi connectivity index (χ1n) is 8.63. The number of rotatable bonds is 5. The predicted molar refractivity (Wildman–Crippen MR) is 103 cm³/mol. The third kappa shape index (κ3) is 3.61. The summed E-state index contributed by atoms with van der Waals surface area (Å²) in [5.41, 5.74) is 1.27. The van der Waals surface area contributed by atoms with Gasteiger partial charge in [-0.05, 0) is 43.0 Å². The molecule has 1 aliphatic rings. The van der Waals surface area contributed by atoms with Crippen molar-refractivity contribution in [1.82, 2.24) is 14.8 Å². The third-order valence-electron chi connectivity index (χ3n) is 4.78. The van der Waals surface area contributed by atoms with E-state index >= 15 is 0 Å². The number of fused-ring (bicyclic) bond motifs is 1. The number of halogens is 1. The number of benzene rings is 1. The Kier molecular flexibility index (Phi) is 4.95. The van der Waals surface area contributed by atoms with Crippen molar-refractivity contribution in [2.75, 3.05) is 11.1 Å². The van der Waals surface area contributed by atoms with Crippen LogP contribution in [0, 0.1) is 11.7 Å². The fourth-order valence-electron chi connectivity index (χ4n) is 3.38. The van der Waals surface area contributed by atoms with Gasteiger partial charge in [-0.2, -0.15) is 0 Å². The van der Waals surface area contributed by atoms with Crippen molar-refractivity contribution in [3.63, 3.8) is 0 Å². The molecule has 0 aliphatic heterocycles. The molecule has 0 radical (unpaired) electrons. The molecule has 136 valence electrons. The van der Waals surface area contributed by atoms with Gasteiger partial charge in [0.05, 0.1) is 0 Å². The first-order valence-corrected chi connectivity index (χ1v) is 10.4. The minimum absolute atomic E-state index is 0.271. The number of carbonyl (C=O) groups is 1. The van der Waals surface area contributed by atoms with Crippen LogP contribution in [0.2, 0.25) is 0 Å². The summed E-state index contributed by atoms with van der Waals surface area (Å²) in [6.07, 6.45) is 5.27. The summed E-state index contributed by atoms with van der Waals surface area (Å²) in [4.78, 5) is 12.6. The van der Waals surface area contributed by atoms with Crippen LogP contribution < -0.4 is 5.32 Å². The maximum atomic E-state index is 13.4. The normalized spacial score (nSPS) is 15.0. The van der Waals surface area contributed by atoms with Crippen molar-refractivity contribution in [2.24, 2.45) is 13.0 Å². The van der Waals surface area contributed by atoms with Crippen molar-refractivity contribution >= 4 is 45.0 Å². The third-order valence-corrected chi connectivity index (χ3v) is 6.98. The van der Waals surface area contributed by atoms with Crippen molar-refractivity contribution in [2.45, 2.75) is 30.0 Å². The number of aryl methyl sites for hydroxylation is 1. The molecule has 5 nitrogen and oxygen atoms in total. The van der Waals surface area contributed by atoms with Crippen molar-refractivity contribution in [3.05, 3.63) is 35.8 Å². The molecule has 0 saturated heterocycles. The van der Waals surface area contributed by atoms with E-state index in [-0.39, 0.29) is 11.7 Å². The highest BCUT2D eigenvalue weighted by atomic mass is 32.2. The van der Waals surface area contributed by atoms with Gasteiger partial charge in [0, 0.05) is 23.7 Å². The monoisotopic (exact) mass is 390 g/mol. The number of hydrogen-bond donors (Lipinski definition) is 1. The van der Waals surface area contributed by atoms with Gasteiger partial charge in [0.25, 0.3) is 5.91 Å². The summed E-state index contributed by atoms with van der Waals surface area (Å²) in [7, 11) is 1.79. The largest absolute Gasteiger partial charge is 0.340 e. The van der Waals surface area contributed by atoms with E-state index in [1.807, 2.05) is 0 Å². The van der Waals surface area contributed by atoms with Crippen molar-refractivity contribution in [1.29, 1.82) is 0 Å². The number of hydrogen-bond acceptors (Lipinski definition) is 5. The van der Waals surface area contributed by atoms with Crippen LogP contribution in [0.1, 0.15) is 36.2 Å². The van der Waals surface area contributed by atoms with Gasteiger partial charge in [-0.25, -0.2) is 4.39 Å². The Morgan fingerprint density at radius 1 is 1.35 bits per heavy atom. The summed E-state index contributed by atoms with van der Waals surface area (Å²) >= 11 is 3.11. The molecule has 1 fully saturated rings. The molecule has 2 aromatic heterocycles. The van der Waals surface area contributed by atoms with E-state index in [2.05, 4.69) is 15.5 Å². The average molecular weight is 391 g/mol. The molecule has 0 atom stereocenters. The second-order valence-corrected chi connectivity index (χ2v) is 8.83. The van der Waals surface area contributed by atoms with Gasteiger partial charge in [-0.3, -0.25) is 10.1 Å². The summed E-state index contributed by atoms with van der Waals surface area (Å²) in [6, 6.07) is 6.17. The van der Waals surface area contributed by atoms with E-state index in [4.69, 9.17) is 0 Å². The van der Waals surface area contributed by atoms with Crippen LogP contribution in [0.5, 0.6) is 0 Å². The first-order chi connectivity index (χ1) is 12.6. The Balaban J connectivity index is 1.44. The number of thioether (sulfide) groups is 1.